The Bertz CT molecular complexity index is 3630. The Morgan fingerprint density at radius 2 is 1.14 bits per heavy atom. The highest BCUT2D eigenvalue weighted by Crippen LogP contribution is 2.63. The van der Waals surface area contributed by atoms with Crippen LogP contribution in [-0.2, 0) is 46.7 Å². The van der Waals surface area contributed by atoms with Crippen LogP contribution >= 0.6 is 7.75 Å². The fourth-order valence-electron chi connectivity index (χ4n) is 11.6. The van der Waals surface area contributed by atoms with Crippen molar-refractivity contribution in [3.05, 3.63) is 142 Å². The molecule has 8 aromatic carbocycles. The molecule has 64 heavy (non-hydrogen) atoms. The Kier molecular flexibility index (Phi) is 8.16. The summed E-state index contributed by atoms with van der Waals surface area (Å²) >= 11 is 0. The van der Waals surface area contributed by atoms with E-state index in [9.17, 15) is 21.6 Å². The van der Waals surface area contributed by atoms with E-state index in [0.29, 0.717) is 35.1 Å². The van der Waals surface area contributed by atoms with Gasteiger partial charge in [0.1, 0.15) is 11.5 Å². The van der Waals surface area contributed by atoms with E-state index in [2.05, 4.69) is 72.8 Å². The summed E-state index contributed by atoms with van der Waals surface area (Å²) in [6.45, 7) is 0. The SMILES string of the molecule is O=P1(NS(=O)(=O)C(F)(F)F)Oc2c(-c3ccc4c5c6c(ccc35)C=CCC6=CC4)cc3c(c2-c2c4c(cc(-c5ccc6ccc7cccc8ccc5c6c78)c2O1)CCCC4)CCCC3. The van der Waals surface area contributed by atoms with Crippen LogP contribution in [0.25, 0.3) is 88.1 Å². The van der Waals surface area contributed by atoms with Crippen LogP contribution in [-0.4, -0.2) is 13.9 Å². The van der Waals surface area contributed by atoms with Crippen LogP contribution in [0.5, 0.6) is 11.5 Å². The molecule has 1 unspecified atom stereocenters. The van der Waals surface area contributed by atoms with Crippen molar-refractivity contribution in [3.63, 3.8) is 0 Å². The average Bonchev–Trinajstić information content (AvgIpc) is 3.43. The van der Waals surface area contributed by atoms with Gasteiger partial charge in [0.25, 0.3) is 0 Å². The van der Waals surface area contributed by atoms with Gasteiger partial charge < -0.3 is 9.05 Å². The molecule has 6 nitrogen and oxygen atoms in total. The van der Waals surface area contributed by atoms with Gasteiger partial charge in [0.15, 0.2) is 0 Å². The molecule has 0 bridgehead atoms. The summed E-state index contributed by atoms with van der Waals surface area (Å²) in [7, 11) is -11.7. The predicted molar refractivity (Wildman–Crippen MR) is 250 cm³/mol. The van der Waals surface area contributed by atoms with Crippen LogP contribution in [0.3, 0.4) is 0 Å². The molecule has 0 fully saturated rings. The Balaban J connectivity index is 1.17. The first-order chi connectivity index (χ1) is 30.9. The van der Waals surface area contributed by atoms with Crippen LogP contribution in [0.15, 0.2) is 103 Å². The number of alkyl halides is 3. The molecular formula is C53H39F3NO5PS. The molecule has 0 aromatic heterocycles. The van der Waals surface area contributed by atoms with Crippen molar-refractivity contribution in [2.75, 3.05) is 0 Å². The van der Waals surface area contributed by atoms with Crippen LogP contribution in [0.4, 0.5) is 13.2 Å². The van der Waals surface area contributed by atoms with E-state index in [1.807, 2.05) is 36.4 Å². The summed E-state index contributed by atoms with van der Waals surface area (Å²) in [5.74, 6) is 0.116. The average molecular weight is 890 g/mol. The predicted octanol–water partition coefficient (Wildman–Crippen LogP) is 14.2. The maximum Gasteiger partial charge on any atom is 0.526 e. The van der Waals surface area contributed by atoms with E-state index >= 15 is 4.57 Å². The highest BCUT2D eigenvalue weighted by atomic mass is 32.2. The number of benzene rings is 8. The fraction of sp³-hybridized carbons (Fsp3) is 0.208. The lowest BCUT2D eigenvalue weighted by Gasteiger charge is -2.29. The molecule has 1 atom stereocenters. The highest BCUT2D eigenvalue weighted by molar-refractivity contribution is 7.95. The van der Waals surface area contributed by atoms with Crippen LogP contribution in [0, 0.1) is 0 Å². The lowest BCUT2D eigenvalue weighted by molar-refractivity contribution is -0.0443. The van der Waals surface area contributed by atoms with Gasteiger partial charge in [0, 0.05) is 22.3 Å². The van der Waals surface area contributed by atoms with Gasteiger partial charge in [-0.3, -0.25) is 0 Å². The van der Waals surface area contributed by atoms with Crippen molar-refractivity contribution >= 4 is 72.5 Å². The maximum absolute atomic E-state index is 15.6. The number of halogens is 3. The third-order valence-corrected chi connectivity index (χ3v) is 17.7. The molecule has 1 heterocycles. The molecule has 0 saturated heterocycles. The van der Waals surface area contributed by atoms with Crippen LogP contribution in [0.2, 0.25) is 0 Å². The van der Waals surface area contributed by atoms with Gasteiger partial charge in [-0.1, -0.05) is 102 Å². The van der Waals surface area contributed by atoms with Gasteiger partial charge >= 0.3 is 23.3 Å². The Morgan fingerprint density at radius 1 is 0.578 bits per heavy atom. The van der Waals surface area contributed by atoms with E-state index < -0.39 is 23.3 Å². The quantitative estimate of drug-likeness (QED) is 0.141. The largest absolute Gasteiger partial charge is 0.526 e. The molecule has 0 amide bonds. The number of hydrogen-bond donors (Lipinski definition) is 1. The Morgan fingerprint density at radius 3 is 1.80 bits per heavy atom. The topological polar surface area (TPSA) is 81.7 Å². The standard InChI is InChI=1S/C53H39F3NO5PS/c54-53(55,56)64(59,60)57-63(58)61-51-43(39-23-19-33-17-15-29-9-5-11-31-21-25-41(39)47(33)45(29)31)27-35-7-1-3-13-37(35)49(51)50-38-14-4-2-8-36(38)28-44(52(50)62-63)40-24-20-34-18-16-30-10-6-12-32-22-26-42(40)48(34)46(30)32/h5-6,9,11-12,15-17,19-28H,1-4,7-8,10,13-14,18H2,(H,57,58). The first-order valence-corrected chi connectivity index (χ1v) is 25.1. The first kappa shape index (κ1) is 38.5. The maximum atomic E-state index is 15.6. The van der Waals surface area contributed by atoms with Crippen molar-refractivity contribution in [2.45, 2.75) is 69.7 Å². The van der Waals surface area contributed by atoms with E-state index in [-0.39, 0.29) is 11.5 Å². The summed E-state index contributed by atoms with van der Waals surface area (Å²) in [4.78, 5) is 0. The summed E-state index contributed by atoms with van der Waals surface area (Å²) < 4.78 is 99.9. The second-order valence-corrected chi connectivity index (χ2v) is 21.5. The lowest BCUT2D eigenvalue weighted by Crippen LogP contribution is -2.36. The molecule has 4 aliphatic carbocycles. The summed E-state index contributed by atoms with van der Waals surface area (Å²) in [5.41, 5.74) is 6.69. The van der Waals surface area contributed by atoms with Crippen molar-refractivity contribution in [1.29, 1.82) is 0 Å². The summed E-state index contributed by atoms with van der Waals surface area (Å²) in [5, 5.41) is 8.16. The van der Waals surface area contributed by atoms with Crippen molar-refractivity contribution in [2.24, 2.45) is 0 Å². The number of fused-ring (bicyclic) bond motifs is 7. The number of nitrogens with one attached hydrogen (secondary N) is 1. The highest BCUT2D eigenvalue weighted by Gasteiger charge is 2.53. The monoisotopic (exact) mass is 889 g/mol. The van der Waals surface area contributed by atoms with E-state index in [1.165, 1.54) is 10.1 Å². The van der Waals surface area contributed by atoms with Crippen molar-refractivity contribution < 1.29 is 35.2 Å². The van der Waals surface area contributed by atoms with Crippen LogP contribution < -0.4 is 13.5 Å². The smallest absolute Gasteiger partial charge is 0.403 e. The van der Waals surface area contributed by atoms with E-state index in [0.717, 1.165) is 145 Å². The van der Waals surface area contributed by atoms with Gasteiger partial charge in [-0.25, -0.2) is 13.0 Å². The number of sulfonamides is 1. The minimum Gasteiger partial charge on any atom is -0.403 e. The fourth-order valence-corrected chi connectivity index (χ4v) is 14.4. The van der Waals surface area contributed by atoms with E-state index in [4.69, 9.17) is 9.05 Å². The van der Waals surface area contributed by atoms with Gasteiger partial charge in [-0.05, 0) is 175 Å². The molecule has 8 aromatic rings. The molecule has 0 saturated carbocycles. The first-order valence-electron chi connectivity index (χ1n) is 22.0. The zero-order valence-electron chi connectivity index (χ0n) is 34.5. The molecule has 1 N–H and O–H groups in total. The lowest BCUT2D eigenvalue weighted by atomic mass is 9.76. The van der Waals surface area contributed by atoms with E-state index in [1.54, 1.807) is 0 Å². The number of rotatable bonds is 4. The zero-order chi connectivity index (χ0) is 43.3. The van der Waals surface area contributed by atoms with Gasteiger partial charge in [0.2, 0.25) is 0 Å². The third-order valence-electron chi connectivity index (χ3n) is 14.3. The Labute approximate surface area is 367 Å². The molecule has 5 aliphatic rings. The third kappa shape index (κ3) is 5.55. The second-order valence-electron chi connectivity index (χ2n) is 17.9. The number of allylic oxidation sites excluding steroid dienone is 3. The van der Waals surface area contributed by atoms with Crippen LogP contribution in [0.1, 0.15) is 71.0 Å². The molecule has 318 valence electrons. The summed E-state index contributed by atoms with van der Waals surface area (Å²) in [6, 6.07) is 30.8. The second kappa shape index (κ2) is 13.6. The Hall–Kier alpha value is -5.93. The van der Waals surface area contributed by atoms with Crippen molar-refractivity contribution in [1.82, 2.24) is 4.49 Å². The van der Waals surface area contributed by atoms with Crippen molar-refractivity contribution in [3.8, 4) is 44.9 Å². The molecule has 11 heteroatoms. The number of aryl methyl sites for hydroxylation is 2. The minimum atomic E-state index is -6.26. The molecule has 1 aliphatic heterocycles. The molecule has 0 radical (unpaired) electrons. The van der Waals surface area contributed by atoms with Gasteiger partial charge in [0.05, 0.1) is 0 Å². The normalized spacial score (nSPS) is 18.8. The van der Waals surface area contributed by atoms with Gasteiger partial charge in [-0.2, -0.15) is 13.2 Å². The molecule has 0 spiro atoms. The number of hydrogen-bond acceptors (Lipinski definition) is 5. The molecule has 13 rings (SSSR count). The molecular weight excluding hydrogens is 851 g/mol. The van der Waals surface area contributed by atoms with Gasteiger partial charge in [-0.15, -0.1) is 0 Å². The zero-order valence-corrected chi connectivity index (χ0v) is 36.2. The minimum absolute atomic E-state index is 0.0535. The summed E-state index contributed by atoms with van der Waals surface area (Å²) in [6.07, 6.45) is 14.5.